The monoisotopic (exact) mass is 906 g/mol. The van der Waals surface area contributed by atoms with Crippen LogP contribution in [-0.4, -0.2) is 46.0 Å². The molecule has 3 aliphatic rings. The highest BCUT2D eigenvalue weighted by molar-refractivity contribution is 5.76. The van der Waals surface area contributed by atoms with Crippen LogP contribution < -0.4 is 14.2 Å². The molecular weight excluding hydrogens is 865 g/mol. The Hall–Kier alpha value is -8.90. The normalized spacial score (nSPS) is 20.0. The van der Waals surface area contributed by atoms with E-state index in [1.165, 1.54) is 24.3 Å². The maximum atomic E-state index is 11.5. The Kier molecular flexibility index (Phi) is 9.96. The number of rotatable bonds is 8. The Morgan fingerprint density at radius 1 is 0.294 bits per heavy atom. The second kappa shape index (κ2) is 16.2. The molecule has 0 spiro atoms. The number of fused-ring (bicyclic) bond motifs is 3. The molecule has 0 saturated heterocycles. The summed E-state index contributed by atoms with van der Waals surface area (Å²) in [4.78, 5) is 0. The number of phenolic OH excluding ortho intramolecular Hbond substituents is 9. The van der Waals surface area contributed by atoms with Crippen LogP contribution in [0.15, 0.2) is 152 Å². The van der Waals surface area contributed by atoms with Gasteiger partial charge in [0.05, 0.1) is 17.8 Å². The third-order valence-electron chi connectivity index (χ3n) is 13.0. The van der Waals surface area contributed by atoms with E-state index < -0.39 is 36.1 Å². The summed E-state index contributed by atoms with van der Waals surface area (Å²) in [6.45, 7) is 0. The standard InChI is InChI=1S/C56H42O12/c57-35-10-4-29(5-11-35)54-50(33-19-38(60)23-39(61)20-33)49-32(18-42(64)26-47(49)67-54)3-1-28-2-16-46-44(17-28)52(56(66-46)31-8-14-37(59)15-9-31)45-25-43(65)27-48-53(45)51(34-21-40(62)24-41(63)22-34)55(68-48)30-6-12-36(58)13-7-30/h1-27,50-52,54-65H/b3-1-/t50-,51-,52-,54+,55+,56-/m0/s1. The van der Waals surface area contributed by atoms with Crippen molar-refractivity contribution >= 4 is 12.2 Å². The first-order valence-corrected chi connectivity index (χ1v) is 21.8. The van der Waals surface area contributed by atoms with Crippen molar-refractivity contribution in [3.8, 4) is 69.0 Å². The molecule has 0 fully saturated rings. The van der Waals surface area contributed by atoms with Crippen LogP contribution >= 0.6 is 0 Å². The number of ether oxygens (including phenoxy) is 3. The maximum Gasteiger partial charge on any atom is 0.135 e. The van der Waals surface area contributed by atoms with Crippen molar-refractivity contribution in [1.29, 1.82) is 0 Å². The van der Waals surface area contributed by atoms with Crippen LogP contribution in [0, 0.1) is 0 Å². The Morgan fingerprint density at radius 2 is 0.706 bits per heavy atom. The summed E-state index contributed by atoms with van der Waals surface area (Å²) in [6.07, 6.45) is 1.69. The summed E-state index contributed by atoms with van der Waals surface area (Å²) in [5, 5.41) is 96.0. The highest BCUT2D eigenvalue weighted by atomic mass is 16.5. The van der Waals surface area contributed by atoms with E-state index in [0.29, 0.717) is 56.2 Å². The van der Waals surface area contributed by atoms with Gasteiger partial charge in [0, 0.05) is 41.0 Å². The van der Waals surface area contributed by atoms with Crippen molar-refractivity contribution < 1.29 is 60.2 Å². The number of hydrogen-bond acceptors (Lipinski definition) is 12. The molecule has 8 aromatic rings. The van der Waals surface area contributed by atoms with Gasteiger partial charge in [0.15, 0.2) is 0 Å². The number of aromatic hydroxyl groups is 9. The average molecular weight is 907 g/mol. The van der Waals surface area contributed by atoms with Crippen LogP contribution in [0.1, 0.15) is 97.3 Å². The third kappa shape index (κ3) is 7.47. The first-order valence-electron chi connectivity index (χ1n) is 21.8. The van der Waals surface area contributed by atoms with Gasteiger partial charge in [-0.25, -0.2) is 0 Å². The second-order valence-corrected chi connectivity index (χ2v) is 17.4. The topological polar surface area (TPSA) is 210 Å². The van der Waals surface area contributed by atoms with Gasteiger partial charge < -0.3 is 60.2 Å². The van der Waals surface area contributed by atoms with Gasteiger partial charge in [-0.05, 0) is 129 Å². The molecular formula is C56H42O12. The lowest BCUT2D eigenvalue weighted by molar-refractivity contribution is 0.220. The first-order chi connectivity index (χ1) is 32.8. The zero-order valence-electron chi connectivity index (χ0n) is 35.8. The molecule has 9 N–H and O–H groups in total. The predicted octanol–water partition coefficient (Wildman–Crippen LogP) is 11.0. The molecule has 0 radical (unpaired) electrons. The Bertz CT molecular complexity index is 3250. The van der Waals surface area contributed by atoms with Gasteiger partial charge in [0.1, 0.15) is 87.3 Å². The minimum atomic E-state index is -0.718. The molecule has 0 aliphatic carbocycles. The van der Waals surface area contributed by atoms with Crippen molar-refractivity contribution in [3.05, 3.63) is 213 Å². The lowest BCUT2D eigenvalue weighted by Gasteiger charge is -2.26. The van der Waals surface area contributed by atoms with Crippen LogP contribution in [0.3, 0.4) is 0 Å². The summed E-state index contributed by atoms with van der Waals surface area (Å²) in [5.74, 6) is -0.981. The van der Waals surface area contributed by atoms with Crippen molar-refractivity contribution in [2.45, 2.75) is 36.1 Å². The van der Waals surface area contributed by atoms with Crippen LogP contribution in [0.4, 0.5) is 0 Å². The maximum absolute atomic E-state index is 11.5. The van der Waals surface area contributed by atoms with E-state index in [1.807, 2.05) is 30.4 Å². The molecule has 0 unspecified atom stereocenters. The Balaban J connectivity index is 1.05. The molecule has 0 saturated carbocycles. The van der Waals surface area contributed by atoms with E-state index in [9.17, 15) is 46.0 Å². The van der Waals surface area contributed by atoms with Crippen molar-refractivity contribution in [1.82, 2.24) is 0 Å². The third-order valence-corrected chi connectivity index (χ3v) is 13.0. The minimum absolute atomic E-state index is 0.0494. The van der Waals surface area contributed by atoms with Gasteiger partial charge in [-0.1, -0.05) is 54.6 Å². The van der Waals surface area contributed by atoms with Crippen LogP contribution in [-0.2, 0) is 0 Å². The molecule has 8 aromatic carbocycles. The van der Waals surface area contributed by atoms with Crippen molar-refractivity contribution in [2.24, 2.45) is 0 Å². The fourth-order valence-corrected chi connectivity index (χ4v) is 10.2. The fraction of sp³-hybridized carbons (Fsp3) is 0.107. The van der Waals surface area contributed by atoms with E-state index in [-0.39, 0.29) is 51.7 Å². The fourth-order valence-electron chi connectivity index (χ4n) is 10.2. The average Bonchev–Trinajstić information content (AvgIpc) is 4.00. The summed E-state index contributed by atoms with van der Waals surface area (Å²) in [7, 11) is 0. The van der Waals surface area contributed by atoms with Gasteiger partial charge in [0.2, 0.25) is 0 Å². The molecule has 0 bridgehead atoms. The van der Waals surface area contributed by atoms with Gasteiger partial charge >= 0.3 is 0 Å². The lowest BCUT2D eigenvalue weighted by atomic mass is 9.76. The summed E-state index contributed by atoms with van der Waals surface area (Å²) in [5.41, 5.74) is 7.38. The molecule has 12 nitrogen and oxygen atoms in total. The smallest absolute Gasteiger partial charge is 0.135 e. The molecule has 338 valence electrons. The summed E-state index contributed by atoms with van der Waals surface area (Å²) in [6, 6.07) is 40.7. The van der Waals surface area contributed by atoms with E-state index in [2.05, 4.69) is 0 Å². The highest BCUT2D eigenvalue weighted by Gasteiger charge is 2.46. The van der Waals surface area contributed by atoms with Gasteiger partial charge in [0.25, 0.3) is 0 Å². The number of hydrogen-bond donors (Lipinski definition) is 9. The lowest BCUT2D eigenvalue weighted by Crippen LogP contribution is -2.16. The molecule has 12 heteroatoms. The van der Waals surface area contributed by atoms with E-state index in [0.717, 1.165) is 22.3 Å². The first kappa shape index (κ1) is 41.8. The molecule has 0 amide bonds. The van der Waals surface area contributed by atoms with E-state index in [1.54, 1.807) is 109 Å². The summed E-state index contributed by atoms with van der Waals surface area (Å²) >= 11 is 0. The Labute approximate surface area is 389 Å². The van der Waals surface area contributed by atoms with E-state index >= 15 is 0 Å². The minimum Gasteiger partial charge on any atom is -0.508 e. The molecule has 3 aliphatic heterocycles. The SMILES string of the molecule is Oc1ccc([C@H]2Oc3cc(O)cc(/C=C\c4ccc5c(c4)[C@@H](c4cc(O)cc6c4[C@H](c4cc(O)cc(O)c4)[C@@H](c4ccc(O)cc4)O6)[C@H](c4ccc(O)cc4)O5)c3[C@@H]2c2cc(O)cc(O)c2)cc1. The second-order valence-electron chi connectivity index (χ2n) is 17.4. The zero-order valence-corrected chi connectivity index (χ0v) is 35.8. The van der Waals surface area contributed by atoms with Gasteiger partial charge in [-0.2, -0.15) is 0 Å². The number of phenols is 9. The van der Waals surface area contributed by atoms with Crippen molar-refractivity contribution in [3.63, 3.8) is 0 Å². The van der Waals surface area contributed by atoms with Crippen molar-refractivity contribution in [2.75, 3.05) is 0 Å². The van der Waals surface area contributed by atoms with Gasteiger partial charge in [-0.3, -0.25) is 0 Å². The molecule has 68 heavy (non-hydrogen) atoms. The largest absolute Gasteiger partial charge is 0.508 e. The predicted molar refractivity (Wildman–Crippen MR) is 251 cm³/mol. The van der Waals surface area contributed by atoms with Crippen LogP contribution in [0.5, 0.6) is 69.0 Å². The number of benzene rings is 8. The van der Waals surface area contributed by atoms with E-state index in [4.69, 9.17) is 14.2 Å². The quantitative estimate of drug-likeness (QED) is 0.0652. The summed E-state index contributed by atoms with van der Waals surface area (Å²) < 4.78 is 20.0. The molecule has 0 aromatic heterocycles. The van der Waals surface area contributed by atoms with Crippen LogP contribution in [0.25, 0.3) is 12.2 Å². The Morgan fingerprint density at radius 3 is 1.21 bits per heavy atom. The highest BCUT2D eigenvalue weighted by Crippen LogP contribution is 2.59. The zero-order chi connectivity index (χ0) is 47.0. The molecule has 6 atom stereocenters. The molecule has 11 rings (SSSR count). The van der Waals surface area contributed by atoms with Crippen LogP contribution in [0.2, 0.25) is 0 Å². The molecule has 3 heterocycles. The van der Waals surface area contributed by atoms with Gasteiger partial charge in [-0.15, -0.1) is 0 Å².